The minimum atomic E-state index is 0.460. The second-order valence-electron chi connectivity index (χ2n) is 6.91. The summed E-state index contributed by atoms with van der Waals surface area (Å²) in [6.45, 7) is 4.45. The number of piperidine rings is 1. The van der Waals surface area contributed by atoms with Gasteiger partial charge >= 0.3 is 0 Å². The van der Waals surface area contributed by atoms with Gasteiger partial charge in [-0.1, -0.05) is 17.8 Å². The van der Waals surface area contributed by atoms with Crippen molar-refractivity contribution in [3.05, 3.63) is 36.2 Å². The van der Waals surface area contributed by atoms with E-state index in [-0.39, 0.29) is 0 Å². The molecule has 1 aromatic carbocycles. The predicted molar refractivity (Wildman–Crippen MR) is 104 cm³/mol. The maximum Gasteiger partial charge on any atom is 0.168 e. The summed E-state index contributed by atoms with van der Waals surface area (Å²) in [5, 5.41) is 0.923. The van der Waals surface area contributed by atoms with Crippen molar-refractivity contribution in [2.45, 2.75) is 29.3 Å². The topological polar surface area (TPSA) is 67.5 Å². The van der Waals surface area contributed by atoms with Crippen LogP contribution < -0.4 is 10.6 Å². The number of fused-ring (bicyclic) bond motifs is 2. The summed E-state index contributed by atoms with van der Waals surface area (Å²) >= 11 is 1.67. The van der Waals surface area contributed by atoms with E-state index in [9.17, 15) is 0 Å². The van der Waals surface area contributed by atoms with Gasteiger partial charge in [0, 0.05) is 37.5 Å². The lowest BCUT2D eigenvalue weighted by Crippen LogP contribution is -2.37. The molecule has 2 aliphatic heterocycles. The molecule has 138 valence electrons. The number of nitrogens with zero attached hydrogens (tertiary/aromatic N) is 4. The molecule has 2 aliphatic rings. The number of hydrogen-bond acceptors (Lipinski definition) is 7. The number of hydrogen-bond donors (Lipinski definition) is 1. The van der Waals surface area contributed by atoms with E-state index in [0.717, 1.165) is 42.7 Å². The maximum absolute atomic E-state index is 5.88. The van der Waals surface area contributed by atoms with Crippen molar-refractivity contribution in [1.29, 1.82) is 0 Å². The summed E-state index contributed by atoms with van der Waals surface area (Å²) < 4.78 is 5.44. The zero-order chi connectivity index (χ0) is 17.9. The first-order chi connectivity index (χ1) is 12.8. The number of nitrogens with two attached hydrogens (primary N) is 1. The molecule has 1 saturated heterocycles. The smallest absolute Gasteiger partial charge is 0.168 e. The highest BCUT2D eigenvalue weighted by molar-refractivity contribution is 7.99. The molecule has 0 spiro atoms. The van der Waals surface area contributed by atoms with Crippen LogP contribution in [0.15, 0.2) is 40.5 Å². The van der Waals surface area contributed by atoms with Crippen molar-refractivity contribution < 1.29 is 4.74 Å². The van der Waals surface area contributed by atoms with Crippen LogP contribution in [0.3, 0.4) is 0 Å². The Hall–Kier alpha value is -1.67. The highest BCUT2D eigenvalue weighted by atomic mass is 32.2. The Balaban J connectivity index is 1.59. The van der Waals surface area contributed by atoms with E-state index in [2.05, 4.69) is 38.0 Å². The van der Waals surface area contributed by atoms with Crippen LogP contribution in [0.2, 0.25) is 0 Å². The molecule has 7 heteroatoms. The third-order valence-corrected chi connectivity index (χ3v) is 6.07. The van der Waals surface area contributed by atoms with E-state index >= 15 is 0 Å². The predicted octanol–water partition coefficient (Wildman–Crippen LogP) is 2.85. The molecule has 1 atom stereocenters. The van der Waals surface area contributed by atoms with Gasteiger partial charge in [-0.3, -0.25) is 9.80 Å². The van der Waals surface area contributed by atoms with E-state index in [1.54, 1.807) is 31.3 Å². The summed E-state index contributed by atoms with van der Waals surface area (Å²) in [4.78, 5) is 14.8. The van der Waals surface area contributed by atoms with E-state index < -0.39 is 0 Å². The standard InChI is InChI=1S/C19H25N5OS/c1-25-13-24-16-9-14(11-23-8-2-3-15(10-20)12-23)4-5-17(16)26-19-18(24)21-6-7-22-19/h4-7,9,15H,2-3,8,10-13,20H2,1H3. The molecule has 1 fully saturated rings. The van der Waals surface area contributed by atoms with Gasteiger partial charge < -0.3 is 10.5 Å². The normalized spacial score (nSPS) is 19.9. The first kappa shape index (κ1) is 17.7. The van der Waals surface area contributed by atoms with Gasteiger partial charge in [-0.15, -0.1) is 0 Å². The van der Waals surface area contributed by atoms with Crippen LogP contribution in [0, 0.1) is 5.92 Å². The number of ether oxygens (including phenoxy) is 1. The molecule has 1 aromatic heterocycles. The van der Waals surface area contributed by atoms with Gasteiger partial charge in [-0.25, -0.2) is 9.97 Å². The van der Waals surface area contributed by atoms with E-state index in [1.807, 2.05) is 0 Å². The summed E-state index contributed by atoms with van der Waals surface area (Å²) in [6.07, 6.45) is 5.96. The number of methoxy groups -OCH3 is 1. The van der Waals surface area contributed by atoms with Crippen LogP contribution >= 0.6 is 11.8 Å². The van der Waals surface area contributed by atoms with Crippen LogP contribution in [0.4, 0.5) is 11.5 Å². The summed E-state index contributed by atoms with van der Waals surface area (Å²) in [6, 6.07) is 6.69. The lowest BCUT2D eigenvalue weighted by atomic mass is 9.98. The van der Waals surface area contributed by atoms with E-state index in [4.69, 9.17) is 10.5 Å². The first-order valence-corrected chi connectivity index (χ1v) is 9.91. The summed E-state index contributed by atoms with van der Waals surface area (Å²) in [5.74, 6) is 1.49. The fourth-order valence-corrected chi connectivity index (χ4v) is 4.74. The highest BCUT2D eigenvalue weighted by Crippen LogP contribution is 2.46. The van der Waals surface area contributed by atoms with Gasteiger partial charge in [0.05, 0.1) is 5.69 Å². The number of benzene rings is 1. The quantitative estimate of drug-likeness (QED) is 0.867. The van der Waals surface area contributed by atoms with Gasteiger partial charge in [0.15, 0.2) is 5.82 Å². The zero-order valence-corrected chi connectivity index (χ0v) is 15.9. The van der Waals surface area contributed by atoms with Crippen molar-refractivity contribution in [1.82, 2.24) is 14.9 Å². The lowest BCUT2D eigenvalue weighted by Gasteiger charge is -2.33. The van der Waals surface area contributed by atoms with Gasteiger partial charge in [0.25, 0.3) is 0 Å². The molecule has 1 unspecified atom stereocenters. The summed E-state index contributed by atoms with van der Waals surface area (Å²) in [5.41, 5.74) is 8.35. The molecular weight excluding hydrogens is 346 g/mol. The Kier molecular flexibility index (Phi) is 5.40. The monoisotopic (exact) mass is 371 g/mol. The molecule has 0 radical (unpaired) electrons. The van der Waals surface area contributed by atoms with Crippen LogP contribution in [0.25, 0.3) is 0 Å². The molecule has 0 saturated carbocycles. The maximum atomic E-state index is 5.88. The number of rotatable bonds is 5. The van der Waals surface area contributed by atoms with Gasteiger partial charge in [0.1, 0.15) is 11.8 Å². The number of aromatic nitrogens is 2. The van der Waals surface area contributed by atoms with Crippen molar-refractivity contribution in [2.75, 3.05) is 38.4 Å². The SMILES string of the molecule is COCN1c2cc(CN3CCCC(CN)C3)ccc2Sc2nccnc21. The Morgan fingerprint density at radius 3 is 3.04 bits per heavy atom. The van der Waals surface area contributed by atoms with Crippen LogP contribution in [0.5, 0.6) is 0 Å². The lowest BCUT2D eigenvalue weighted by molar-refractivity contribution is 0.171. The fraction of sp³-hybridized carbons (Fsp3) is 0.474. The molecule has 6 nitrogen and oxygen atoms in total. The first-order valence-electron chi connectivity index (χ1n) is 9.09. The van der Waals surface area contributed by atoms with Gasteiger partial charge in [-0.2, -0.15) is 0 Å². The average Bonchev–Trinajstić information content (AvgIpc) is 2.68. The number of likely N-dealkylation sites (tertiary alicyclic amines) is 1. The molecule has 0 aliphatic carbocycles. The van der Waals surface area contributed by atoms with Crippen LogP contribution in [-0.2, 0) is 11.3 Å². The van der Waals surface area contributed by atoms with Crippen molar-refractivity contribution in [2.24, 2.45) is 11.7 Å². The molecule has 3 heterocycles. The minimum absolute atomic E-state index is 0.460. The van der Waals surface area contributed by atoms with Crippen molar-refractivity contribution >= 4 is 23.3 Å². The fourth-order valence-electron chi connectivity index (χ4n) is 3.76. The second kappa shape index (κ2) is 7.92. The average molecular weight is 372 g/mol. The Labute approximate surface area is 158 Å². The van der Waals surface area contributed by atoms with Crippen LogP contribution in [0.1, 0.15) is 18.4 Å². The Morgan fingerprint density at radius 2 is 2.19 bits per heavy atom. The number of anilines is 2. The highest BCUT2D eigenvalue weighted by Gasteiger charge is 2.26. The largest absolute Gasteiger partial charge is 0.364 e. The molecule has 0 amide bonds. The van der Waals surface area contributed by atoms with Crippen molar-refractivity contribution in [3.63, 3.8) is 0 Å². The van der Waals surface area contributed by atoms with Gasteiger partial charge in [0.2, 0.25) is 0 Å². The molecule has 2 N–H and O–H groups in total. The molecular formula is C19H25N5OS. The van der Waals surface area contributed by atoms with Crippen molar-refractivity contribution in [3.8, 4) is 0 Å². The van der Waals surface area contributed by atoms with E-state index in [1.165, 1.54) is 23.3 Å². The molecule has 0 bridgehead atoms. The zero-order valence-electron chi connectivity index (χ0n) is 15.1. The summed E-state index contributed by atoms with van der Waals surface area (Å²) in [7, 11) is 1.71. The minimum Gasteiger partial charge on any atom is -0.364 e. The van der Waals surface area contributed by atoms with E-state index in [0.29, 0.717) is 12.6 Å². The Bertz CT molecular complexity index is 771. The molecule has 2 aromatic rings. The second-order valence-corrected chi connectivity index (χ2v) is 7.94. The molecule has 4 rings (SSSR count). The van der Waals surface area contributed by atoms with Crippen LogP contribution in [-0.4, -0.2) is 48.3 Å². The van der Waals surface area contributed by atoms with Gasteiger partial charge in [-0.05, 0) is 49.5 Å². The molecule has 26 heavy (non-hydrogen) atoms. The Morgan fingerprint density at radius 1 is 1.31 bits per heavy atom. The third kappa shape index (κ3) is 3.57. The third-order valence-electron chi connectivity index (χ3n) is 5.02.